The topological polar surface area (TPSA) is 21.3 Å². The van der Waals surface area contributed by atoms with Crippen LogP contribution < -0.4 is 10.1 Å². The van der Waals surface area contributed by atoms with Gasteiger partial charge in [-0.2, -0.15) is 0 Å². The second kappa shape index (κ2) is 6.31. The molecule has 1 N–H and O–H groups in total. The van der Waals surface area contributed by atoms with Crippen molar-refractivity contribution < 1.29 is 4.74 Å². The van der Waals surface area contributed by atoms with Gasteiger partial charge in [-0.05, 0) is 44.5 Å². The first-order valence-electron chi connectivity index (χ1n) is 6.69. The Bertz CT molecular complexity index is 610. The van der Waals surface area contributed by atoms with Crippen molar-refractivity contribution in [2.24, 2.45) is 0 Å². The Morgan fingerprint density at radius 2 is 1.90 bits per heavy atom. The van der Waals surface area contributed by atoms with E-state index < -0.39 is 0 Å². The van der Waals surface area contributed by atoms with Gasteiger partial charge in [0.2, 0.25) is 0 Å². The number of aryl methyl sites for hydroxylation is 1. The minimum absolute atomic E-state index is 0.179. The molecule has 0 heterocycles. The normalized spacial score (nSPS) is 12.1. The van der Waals surface area contributed by atoms with Crippen LogP contribution in [0.5, 0.6) is 5.75 Å². The quantitative estimate of drug-likeness (QED) is 0.825. The van der Waals surface area contributed by atoms with Crippen LogP contribution in [0.25, 0.3) is 0 Å². The first-order valence-corrected chi connectivity index (χ1v) is 7.48. The van der Waals surface area contributed by atoms with Crippen LogP contribution >= 0.6 is 15.9 Å². The number of halogens is 1. The summed E-state index contributed by atoms with van der Waals surface area (Å²) in [7, 11) is 1.71. The van der Waals surface area contributed by atoms with Crippen molar-refractivity contribution >= 4 is 21.6 Å². The molecule has 1 atom stereocenters. The van der Waals surface area contributed by atoms with Gasteiger partial charge in [-0.1, -0.05) is 39.7 Å². The molecule has 106 valence electrons. The second-order valence-corrected chi connectivity index (χ2v) is 5.88. The van der Waals surface area contributed by atoms with Crippen LogP contribution in [0.1, 0.15) is 29.7 Å². The van der Waals surface area contributed by atoms with E-state index in [2.05, 4.69) is 66.3 Å². The predicted octanol–water partition coefficient (Wildman–Crippen LogP) is 5.25. The van der Waals surface area contributed by atoms with Gasteiger partial charge in [0.25, 0.3) is 0 Å². The van der Waals surface area contributed by atoms with Gasteiger partial charge in [0.1, 0.15) is 5.75 Å². The summed E-state index contributed by atoms with van der Waals surface area (Å²) >= 11 is 3.57. The molecule has 0 fully saturated rings. The van der Waals surface area contributed by atoms with E-state index in [0.29, 0.717) is 0 Å². The summed E-state index contributed by atoms with van der Waals surface area (Å²) < 4.78 is 6.58. The van der Waals surface area contributed by atoms with Gasteiger partial charge in [0, 0.05) is 15.7 Å². The first kappa shape index (κ1) is 14.9. The molecule has 0 saturated heterocycles. The van der Waals surface area contributed by atoms with Gasteiger partial charge in [-0.15, -0.1) is 0 Å². The molecule has 20 heavy (non-hydrogen) atoms. The zero-order chi connectivity index (χ0) is 14.7. The average Bonchev–Trinajstić information content (AvgIpc) is 2.43. The highest BCUT2D eigenvalue weighted by Gasteiger charge is 2.13. The largest absolute Gasteiger partial charge is 0.496 e. The van der Waals surface area contributed by atoms with E-state index in [-0.39, 0.29) is 6.04 Å². The maximum absolute atomic E-state index is 5.46. The van der Waals surface area contributed by atoms with Gasteiger partial charge in [-0.25, -0.2) is 0 Å². The van der Waals surface area contributed by atoms with Gasteiger partial charge in [0.05, 0.1) is 13.2 Å². The Morgan fingerprint density at radius 1 is 1.15 bits per heavy atom. The molecule has 2 aromatic carbocycles. The van der Waals surface area contributed by atoms with Crippen LogP contribution in [-0.4, -0.2) is 7.11 Å². The minimum atomic E-state index is 0.179. The lowest BCUT2D eigenvalue weighted by molar-refractivity contribution is 0.408. The number of benzene rings is 2. The van der Waals surface area contributed by atoms with Crippen LogP contribution in [0, 0.1) is 13.8 Å². The Kier molecular flexibility index (Phi) is 4.71. The van der Waals surface area contributed by atoms with Crippen molar-refractivity contribution in [3.63, 3.8) is 0 Å². The first-order chi connectivity index (χ1) is 9.52. The molecule has 0 aromatic heterocycles. The number of nitrogens with one attached hydrogen (secondary N) is 1. The summed E-state index contributed by atoms with van der Waals surface area (Å²) in [6.45, 7) is 6.35. The SMILES string of the molecule is COc1ccc(C)cc1C(C)Nc1cccc(Br)c1C. The van der Waals surface area contributed by atoms with E-state index in [1.807, 2.05) is 12.1 Å². The monoisotopic (exact) mass is 333 g/mol. The maximum atomic E-state index is 5.46. The number of anilines is 1. The van der Waals surface area contributed by atoms with Crippen molar-refractivity contribution in [2.45, 2.75) is 26.8 Å². The lowest BCUT2D eigenvalue weighted by Crippen LogP contribution is -2.09. The number of rotatable bonds is 4. The number of hydrogen-bond acceptors (Lipinski definition) is 2. The fourth-order valence-electron chi connectivity index (χ4n) is 2.27. The lowest BCUT2D eigenvalue weighted by Gasteiger charge is -2.20. The highest BCUT2D eigenvalue weighted by atomic mass is 79.9. The molecule has 0 aliphatic carbocycles. The highest BCUT2D eigenvalue weighted by molar-refractivity contribution is 9.10. The summed E-state index contributed by atoms with van der Waals surface area (Å²) in [5.41, 5.74) is 4.76. The van der Waals surface area contributed by atoms with Crippen LogP contribution in [0.15, 0.2) is 40.9 Å². The van der Waals surface area contributed by atoms with Crippen molar-refractivity contribution in [2.75, 3.05) is 12.4 Å². The minimum Gasteiger partial charge on any atom is -0.496 e. The van der Waals surface area contributed by atoms with E-state index in [4.69, 9.17) is 4.74 Å². The van der Waals surface area contributed by atoms with Crippen molar-refractivity contribution in [3.8, 4) is 5.75 Å². The third-order valence-corrected chi connectivity index (χ3v) is 4.35. The smallest absolute Gasteiger partial charge is 0.124 e. The van der Waals surface area contributed by atoms with Gasteiger partial charge in [0.15, 0.2) is 0 Å². The molecular weight excluding hydrogens is 314 g/mol. The molecule has 0 aliphatic rings. The van der Waals surface area contributed by atoms with Gasteiger partial charge >= 0.3 is 0 Å². The zero-order valence-electron chi connectivity index (χ0n) is 12.3. The molecule has 2 nitrogen and oxygen atoms in total. The van der Waals surface area contributed by atoms with Crippen molar-refractivity contribution in [1.29, 1.82) is 0 Å². The molecule has 2 rings (SSSR count). The zero-order valence-corrected chi connectivity index (χ0v) is 13.9. The Hall–Kier alpha value is -1.48. The number of methoxy groups -OCH3 is 1. The molecular formula is C17H20BrNO. The van der Waals surface area contributed by atoms with Crippen LogP contribution in [0.4, 0.5) is 5.69 Å². The number of ether oxygens (including phenoxy) is 1. The van der Waals surface area contributed by atoms with Crippen LogP contribution in [0.3, 0.4) is 0 Å². The third-order valence-electron chi connectivity index (χ3n) is 3.49. The Balaban J connectivity index is 2.30. The molecule has 0 spiro atoms. The standard InChI is InChI=1S/C17H20BrNO/c1-11-8-9-17(20-4)14(10-11)13(3)19-16-7-5-6-15(18)12(16)2/h5-10,13,19H,1-4H3. The van der Waals surface area contributed by atoms with E-state index in [1.165, 1.54) is 16.7 Å². The van der Waals surface area contributed by atoms with Gasteiger partial charge in [-0.3, -0.25) is 0 Å². The number of hydrogen-bond donors (Lipinski definition) is 1. The average molecular weight is 334 g/mol. The molecule has 2 aromatic rings. The second-order valence-electron chi connectivity index (χ2n) is 5.02. The van der Waals surface area contributed by atoms with Gasteiger partial charge < -0.3 is 10.1 Å². The molecule has 0 radical (unpaired) electrons. The summed E-state index contributed by atoms with van der Waals surface area (Å²) in [5.74, 6) is 0.920. The summed E-state index contributed by atoms with van der Waals surface area (Å²) in [5, 5.41) is 3.56. The highest BCUT2D eigenvalue weighted by Crippen LogP contribution is 2.31. The van der Waals surface area contributed by atoms with Crippen molar-refractivity contribution in [1.82, 2.24) is 0 Å². The van der Waals surface area contributed by atoms with E-state index in [1.54, 1.807) is 7.11 Å². The Labute approximate surface area is 129 Å². The molecule has 0 aliphatic heterocycles. The molecule has 3 heteroatoms. The molecule has 0 bridgehead atoms. The van der Waals surface area contributed by atoms with Crippen molar-refractivity contribution in [3.05, 3.63) is 57.6 Å². The summed E-state index contributed by atoms with van der Waals surface area (Å²) in [6.07, 6.45) is 0. The molecule has 0 amide bonds. The predicted molar refractivity (Wildman–Crippen MR) is 88.6 cm³/mol. The fourth-order valence-corrected chi connectivity index (χ4v) is 2.63. The lowest BCUT2D eigenvalue weighted by atomic mass is 10.0. The summed E-state index contributed by atoms with van der Waals surface area (Å²) in [6, 6.07) is 12.6. The van der Waals surface area contributed by atoms with Crippen LogP contribution in [-0.2, 0) is 0 Å². The van der Waals surface area contributed by atoms with E-state index >= 15 is 0 Å². The maximum Gasteiger partial charge on any atom is 0.124 e. The van der Waals surface area contributed by atoms with E-state index in [0.717, 1.165) is 15.9 Å². The molecule has 0 saturated carbocycles. The molecule has 1 unspecified atom stereocenters. The third kappa shape index (κ3) is 3.15. The fraction of sp³-hybridized carbons (Fsp3) is 0.294. The van der Waals surface area contributed by atoms with E-state index in [9.17, 15) is 0 Å². The Morgan fingerprint density at radius 3 is 2.60 bits per heavy atom. The van der Waals surface area contributed by atoms with Crippen LogP contribution in [0.2, 0.25) is 0 Å². The summed E-state index contributed by atoms with van der Waals surface area (Å²) in [4.78, 5) is 0.